The van der Waals surface area contributed by atoms with Gasteiger partial charge in [0.05, 0.1) is 5.02 Å². The van der Waals surface area contributed by atoms with E-state index in [1.165, 1.54) is 0 Å². The number of likely N-dealkylation sites (N-methyl/N-ethyl adjacent to an activating group) is 1. The minimum atomic E-state index is -0.0907. The lowest BCUT2D eigenvalue weighted by Gasteiger charge is -2.15. The van der Waals surface area contributed by atoms with Crippen molar-refractivity contribution in [2.75, 3.05) is 20.2 Å². The number of ether oxygens (including phenoxy) is 1. The normalized spacial score (nSPS) is 9.94. The number of carbonyl (C=O) groups excluding carboxylic acids is 1. The third-order valence-electron chi connectivity index (χ3n) is 2.47. The minimum absolute atomic E-state index is 0.0207. The first kappa shape index (κ1) is 14.7. The highest BCUT2D eigenvalue weighted by molar-refractivity contribution is 7.80. The van der Waals surface area contributed by atoms with E-state index >= 15 is 0 Å². The van der Waals surface area contributed by atoms with Gasteiger partial charge in [-0.3, -0.25) is 4.79 Å². The van der Waals surface area contributed by atoms with Crippen LogP contribution in [0.3, 0.4) is 0 Å². The van der Waals surface area contributed by atoms with Gasteiger partial charge >= 0.3 is 0 Å². The molecule has 0 heterocycles. The van der Waals surface area contributed by atoms with Gasteiger partial charge in [-0.15, -0.1) is 0 Å². The monoisotopic (exact) mass is 286 g/mol. The molecule has 2 N–H and O–H groups in total. The molecule has 18 heavy (non-hydrogen) atoms. The standard InChI is InChI=1S/C12H15ClN2O2S/c1-3-15(2)11(16)7-17-8-4-5-9(12(14)18)10(13)6-8/h4-6H,3,7H2,1-2H3,(H2,14,18). The summed E-state index contributed by atoms with van der Waals surface area (Å²) in [6.45, 7) is 2.52. The molecule has 0 bridgehead atoms. The summed E-state index contributed by atoms with van der Waals surface area (Å²) in [6.07, 6.45) is 0. The van der Waals surface area contributed by atoms with Gasteiger partial charge in [0, 0.05) is 19.2 Å². The molecule has 1 rings (SSSR count). The number of rotatable bonds is 5. The van der Waals surface area contributed by atoms with Gasteiger partial charge in [0.15, 0.2) is 6.61 Å². The largest absolute Gasteiger partial charge is 0.484 e. The SMILES string of the molecule is CCN(C)C(=O)COc1ccc(C(N)=S)c(Cl)c1. The second kappa shape index (κ2) is 6.56. The fraction of sp³-hybridized carbons (Fsp3) is 0.333. The van der Waals surface area contributed by atoms with Gasteiger partial charge in [-0.2, -0.15) is 0 Å². The fourth-order valence-electron chi connectivity index (χ4n) is 1.22. The van der Waals surface area contributed by atoms with E-state index in [1.807, 2.05) is 6.92 Å². The summed E-state index contributed by atoms with van der Waals surface area (Å²) in [4.78, 5) is 13.3. The van der Waals surface area contributed by atoms with Crippen molar-refractivity contribution in [3.63, 3.8) is 0 Å². The molecule has 0 unspecified atom stereocenters. The van der Waals surface area contributed by atoms with Gasteiger partial charge in [-0.1, -0.05) is 23.8 Å². The van der Waals surface area contributed by atoms with Crippen LogP contribution in [0.5, 0.6) is 5.75 Å². The quantitative estimate of drug-likeness (QED) is 0.839. The Morgan fingerprint density at radius 3 is 2.72 bits per heavy atom. The Kier molecular flexibility index (Phi) is 5.37. The number of halogens is 1. The second-order valence-electron chi connectivity index (χ2n) is 3.70. The highest BCUT2D eigenvalue weighted by Gasteiger charge is 2.09. The van der Waals surface area contributed by atoms with E-state index in [9.17, 15) is 4.79 Å². The number of amides is 1. The van der Waals surface area contributed by atoms with Gasteiger partial charge in [0.25, 0.3) is 5.91 Å². The van der Waals surface area contributed by atoms with Gasteiger partial charge in [-0.25, -0.2) is 0 Å². The van der Waals surface area contributed by atoms with E-state index in [-0.39, 0.29) is 17.5 Å². The molecule has 0 saturated carbocycles. The summed E-state index contributed by atoms with van der Waals surface area (Å²) in [6, 6.07) is 4.95. The molecule has 0 atom stereocenters. The Morgan fingerprint density at radius 2 is 2.22 bits per heavy atom. The first-order chi connectivity index (χ1) is 8.45. The average molecular weight is 287 g/mol. The first-order valence-corrected chi connectivity index (χ1v) is 6.20. The Balaban J connectivity index is 2.67. The summed E-state index contributed by atoms with van der Waals surface area (Å²) in [5.41, 5.74) is 6.08. The third kappa shape index (κ3) is 3.85. The maximum atomic E-state index is 11.5. The van der Waals surface area contributed by atoms with Crippen molar-refractivity contribution < 1.29 is 9.53 Å². The Bertz CT molecular complexity index is 465. The number of hydrogen-bond acceptors (Lipinski definition) is 3. The molecule has 6 heteroatoms. The van der Waals surface area contributed by atoms with Crippen molar-refractivity contribution in [2.45, 2.75) is 6.92 Å². The highest BCUT2D eigenvalue weighted by Crippen LogP contribution is 2.22. The van der Waals surface area contributed by atoms with Crippen LogP contribution < -0.4 is 10.5 Å². The topological polar surface area (TPSA) is 55.6 Å². The first-order valence-electron chi connectivity index (χ1n) is 5.41. The molecule has 1 aromatic rings. The van der Waals surface area contributed by atoms with Crippen LogP contribution in [0, 0.1) is 0 Å². The molecule has 0 radical (unpaired) electrons. The van der Waals surface area contributed by atoms with Crippen molar-refractivity contribution >= 4 is 34.7 Å². The van der Waals surface area contributed by atoms with Crippen molar-refractivity contribution in [3.05, 3.63) is 28.8 Å². The van der Waals surface area contributed by atoms with Crippen LogP contribution in [-0.2, 0) is 4.79 Å². The van der Waals surface area contributed by atoms with Crippen molar-refractivity contribution in [3.8, 4) is 5.75 Å². The van der Waals surface area contributed by atoms with Gasteiger partial charge in [-0.05, 0) is 25.1 Å². The maximum absolute atomic E-state index is 11.5. The van der Waals surface area contributed by atoms with Crippen LogP contribution in [-0.4, -0.2) is 36.0 Å². The van der Waals surface area contributed by atoms with Gasteiger partial charge in [0.2, 0.25) is 0 Å². The highest BCUT2D eigenvalue weighted by atomic mass is 35.5. The predicted octanol–water partition coefficient (Wildman–Crippen LogP) is 1.83. The van der Waals surface area contributed by atoms with Crippen molar-refractivity contribution in [2.24, 2.45) is 5.73 Å². The number of carbonyl (C=O) groups is 1. The van der Waals surface area contributed by atoms with E-state index in [0.29, 0.717) is 22.9 Å². The molecule has 0 aliphatic heterocycles. The summed E-state index contributed by atoms with van der Waals surface area (Å²) in [5, 5.41) is 0.413. The van der Waals surface area contributed by atoms with E-state index in [4.69, 9.17) is 34.3 Å². The Morgan fingerprint density at radius 1 is 1.56 bits per heavy atom. The zero-order valence-corrected chi connectivity index (χ0v) is 11.8. The molecule has 0 saturated heterocycles. The third-order valence-corrected chi connectivity index (χ3v) is 3.00. The second-order valence-corrected chi connectivity index (χ2v) is 4.55. The van der Waals surface area contributed by atoms with Gasteiger partial charge < -0.3 is 15.4 Å². The molecule has 0 fully saturated rings. The number of nitrogens with two attached hydrogens (primary N) is 1. The number of hydrogen-bond donors (Lipinski definition) is 1. The van der Waals surface area contributed by atoms with E-state index < -0.39 is 0 Å². The number of nitrogens with zero attached hydrogens (tertiary/aromatic N) is 1. The zero-order chi connectivity index (χ0) is 13.7. The summed E-state index contributed by atoms with van der Waals surface area (Å²) < 4.78 is 5.35. The van der Waals surface area contributed by atoms with Crippen molar-refractivity contribution in [1.29, 1.82) is 0 Å². The lowest BCUT2D eigenvalue weighted by Crippen LogP contribution is -2.31. The molecular weight excluding hydrogens is 272 g/mol. The Hall–Kier alpha value is -1.33. The minimum Gasteiger partial charge on any atom is -0.484 e. The molecule has 1 aromatic carbocycles. The molecule has 0 aliphatic rings. The predicted molar refractivity (Wildman–Crippen MR) is 76.1 cm³/mol. The van der Waals surface area contributed by atoms with E-state index in [0.717, 1.165) is 0 Å². The summed E-state index contributed by atoms with van der Waals surface area (Å²) in [5.74, 6) is 0.421. The fourth-order valence-corrected chi connectivity index (χ4v) is 1.72. The van der Waals surface area contributed by atoms with Crippen LogP contribution in [0.1, 0.15) is 12.5 Å². The maximum Gasteiger partial charge on any atom is 0.260 e. The molecule has 0 spiro atoms. The van der Waals surface area contributed by atoms with Gasteiger partial charge in [0.1, 0.15) is 10.7 Å². The van der Waals surface area contributed by atoms with E-state index in [1.54, 1.807) is 30.1 Å². The molecule has 0 aliphatic carbocycles. The zero-order valence-electron chi connectivity index (χ0n) is 10.3. The van der Waals surface area contributed by atoms with Crippen molar-refractivity contribution in [1.82, 2.24) is 4.90 Å². The lowest BCUT2D eigenvalue weighted by atomic mass is 10.2. The summed E-state index contributed by atoms with van der Waals surface area (Å²) in [7, 11) is 1.72. The smallest absolute Gasteiger partial charge is 0.260 e. The van der Waals surface area contributed by atoms with Crippen LogP contribution in [0.2, 0.25) is 5.02 Å². The van der Waals surface area contributed by atoms with Crippen LogP contribution in [0.15, 0.2) is 18.2 Å². The van der Waals surface area contributed by atoms with Crippen LogP contribution >= 0.6 is 23.8 Å². The summed E-state index contributed by atoms with van der Waals surface area (Å²) >= 11 is 10.8. The molecule has 0 aromatic heterocycles. The number of thiocarbonyl (C=S) groups is 1. The Labute approximate surface area is 117 Å². The lowest BCUT2D eigenvalue weighted by molar-refractivity contribution is -0.131. The molecule has 98 valence electrons. The number of benzene rings is 1. The van der Waals surface area contributed by atoms with Crippen LogP contribution in [0.4, 0.5) is 0 Å². The molecular formula is C12H15ClN2O2S. The molecule has 4 nitrogen and oxygen atoms in total. The van der Waals surface area contributed by atoms with Crippen LogP contribution in [0.25, 0.3) is 0 Å². The molecule has 1 amide bonds. The van der Waals surface area contributed by atoms with E-state index in [2.05, 4.69) is 0 Å². The average Bonchev–Trinajstić information content (AvgIpc) is 2.34.